The van der Waals surface area contributed by atoms with Crippen molar-refractivity contribution in [2.75, 3.05) is 0 Å². The molecule has 1 heterocycles. The van der Waals surface area contributed by atoms with Crippen LogP contribution in [0.5, 0.6) is 0 Å². The number of carbonyl (C=O) groups excluding carboxylic acids is 1. The molecule has 2 aromatic carbocycles. The number of para-hydroxylation sites is 1. The lowest BCUT2D eigenvalue weighted by Gasteiger charge is -2.09. The number of hydroxylamine groups is 1. The van der Waals surface area contributed by atoms with E-state index in [1.165, 1.54) is 0 Å². The highest BCUT2D eigenvalue weighted by Crippen LogP contribution is 2.18. The normalized spacial score (nSPS) is 10.8. The summed E-state index contributed by atoms with van der Waals surface area (Å²) in [5.74, 6) is -3.01. The SMILES string of the molecule is Cc1cc(CONC(=O)c2ccccc2)c2ccccc2n1.O=C(O)C(F)(F)F. The summed E-state index contributed by atoms with van der Waals surface area (Å²) >= 11 is 0. The second-order valence-corrected chi connectivity index (χ2v) is 5.83. The fourth-order valence-corrected chi connectivity index (χ4v) is 2.34. The topological polar surface area (TPSA) is 88.5 Å². The van der Waals surface area contributed by atoms with Gasteiger partial charge in [-0.05, 0) is 36.8 Å². The molecule has 1 amide bonds. The third-order valence-corrected chi connectivity index (χ3v) is 3.60. The minimum Gasteiger partial charge on any atom is -0.475 e. The molecule has 0 atom stereocenters. The van der Waals surface area contributed by atoms with Crippen LogP contribution in [-0.2, 0) is 16.2 Å². The highest BCUT2D eigenvalue weighted by Gasteiger charge is 2.38. The Hall–Kier alpha value is -3.46. The number of halogens is 3. The van der Waals surface area contributed by atoms with Gasteiger partial charge in [-0.1, -0.05) is 36.4 Å². The van der Waals surface area contributed by atoms with Gasteiger partial charge in [0.25, 0.3) is 5.91 Å². The fourth-order valence-electron chi connectivity index (χ4n) is 2.34. The number of amides is 1. The Morgan fingerprint density at radius 2 is 1.66 bits per heavy atom. The summed E-state index contributed by atoms with van der Waals surface area (Å²) in [7, 11) is 0. The van der Waals surface area contributed by atoms with Crippen molar-refractivity contribution in [2.24, 2.45) is 0 Å². The smallest absolute Gasteiger partial charge is 0.475 e. The van der Waals surface area contributed by atoms with E-state index in [1.807, 2.05) is 55.5 Å². The largest absolute Gasteiger partial charge is 0.490 e. The highest BCUT2D eigenvalue weighted by molar-refractivity contribution is 5.93. The Bertz CT molecular complexity index is 992. The summed E-state index contributed by atoms with van der Waals surface area (Å²) in [5, 5.41) is 8.15. The Balaban J connectivity index is 0.000000370. The van der Waals surface area contributed by atoms with Gasteiger partial charge in [0.1, 0.15) is 6.61 Å². The van der Waals surface area contributed by atoms with Gasteiger partial charge < -0.3 is 5.11 Å². The minimum atomic E-state index is -5.08. The number of carboxylic acid groups (broad SMARTS) is 1. The van der Waals surface area contributed by atoms with Gasteiger partial charge >= 0.3 is 12.1 Å². The maximum atomic E-state index is 11.9. The van der Waals surface area contributed by atoms with Crippen LogP contribution >= 0.6 is 0 Å². The molecular formula is C20H17F3N2O4. The first-order valence-corrected chi connectivity index (χ1v) is 8.31. The number of nitrogens with one attached hydrogen (secondary N) is 1. The molecule has 1 aromatic heterocycles. The molecule has 0 aliphatic carbocycles. The summed E-state index contributed by atoms with van der Waals surface area (Å²) < 4.78 is 31.7. The molecule has 0 unspecified atom stereocenters. The van der Waals surface area contributed by atoms with Crippen LogP contribution in [0.2, 0.25) is 0 Å². The molecule has 29 heavy (non-hydrogen) atoms. The van der Waals surface area contributed by atoms with E-state index in [0.29, 0.717) is 12.2 Å². The third-order valence-electron chi connectivity index (χ3n) is 3.60. The van der Waals surface area contributed by atoms with E-state index in [2.05, 4.69) is 10.5 Å². The van der Waals surface area contributed by atoms with E-state index in [-0.39, 0.29) is 5.91 Å². The van der Waals surface area contributed by atoms with E-state index in [0.717, 1.165) is 22.2 Å². The zero-order valence-electron chi connectivity index (χ0n) is 15.2. The number of fused-ring (bicyclic) bond motifs is 1. The molecular weight excluding hydrogens is 389 g/mol. The van der Waals surface area contributed by atoms with Gasteiger partial charge in [-0.25, -0.2) is 10.3 Å². The van der Waals surface area contributed by atoms with Crippen LogP contribution in [0, 0.1) is 6.92 Å². The Morgan fingerprint density at radius 3 is 2.28 bits per heavy atom. The van der Waals surface area contributed by atoms with Crippen molar-refractivity contribution >= 4 is 22.8 Å². The number of carboxylic acids is 1. The third kappa shape index (κ3) is 6.58. The first kappa shape index (κ1) is 21.8. The Kier molecular flexibility index (Phi) is 7.27. The van der Waals surface area contributed by atoms with Gasteiger partial charge in [0.05, 0.1) is 5.52 Å². The molecule has 3 aromatic rings. The van der Waals surface area contributed by atoms with Crippen molar-refractivity contribution in [1.82, 2.24) is 10.5 Å². The predicted molar refractivity (Wildman–Crippen MR) is 98.9 cm³/mol. The average Bonchev–Trinajstić information content (AvgIpc) is 2.68. The first-order chi connectivity index (χ1) is 13.7. The number of aromatic nitrogens is 1. The maximum Gasteiger partial charge on any atom is 0.490 e. The van der Waals surface area contributed by atoms with E-state index >= 15 is 0 Å². The summed E-state index contributed by atoms with van der Waals surface area (Å²) in [6, 6.07) is 18.8. The van der Waals surface area contributed by atoms with E-state index in [1.54, 1.807) is 12.1 Å². The number of rotatable bonds is 4. The van der Waals surface area contributed by atoms with E-state index in [4.69, 9.17) is 14.7 Å². The lowest BCUT2D eigenvalue weighted by molar-refractivity contribution is -0.192. The van der Waals surface area contributed by atoms with Crippen LogP contribution in [0.3, 0.4) is 0 Å². The van der Waals surface area contributed by atoms with Gasteiger partial charge in [-0.2, -0.15) is 13.2 Å². The quantitative estimate of drug-likeness (QED) is 0.639. The van der Waals surface area contributed by atoms with Crippen LogP contribution in [0.15, 0.2) is 60.7 Å². The molecule has 0 fully saturated rings. The summed E-state index contributed by atoms with van der Waals surface area (Å²) in [6.07, 6.45) is -5.08. The lowest BCUT2D eigenvalue weighted by Crippen LogP contribution is -2.23. The molecule has 152 valence electrons. The number of aryl methyl sites for hydroxylation is 1. The number of hydrogen-bond donors (Lipinski definition) is 2. The average molecular weight is 406 g/mol. The Morgan fingerprint density at radius 1 is 1.07 bits per heavy atom. The standard InChI is InChI=1S/C18H16N2O2.C2HF3O2/c1-13-11-15(16-9-5-6-10-17(16)19-13)12-22-20-18(21)14-7-3-2-4-8-14;3-2(4,5)1(6)7/h2-11H,12H2,1H3,(H,20,21);(H,6,7). The van der Waals surface area contributed by atoms with Crippen molar-refractivity contribution in [3.63, 3.8) is 0 Å². The van der Waals surface area contributed by atoms with Crippen molar-refractivity contribution in [3.8, 4) is 0 Å². The lowest BCUT2D eigenvalue weighted by atomic mass is 10.1. The molecule has 0 saturated carbocycles. The highest BCUT2D eigenvalue weighted by atomic mass is 19.4. The van der Waals surface area contributed by atoms with Gasteiger partial charge in [0.2, 0.25) is 0 Å². The fraction of sp³-hybridized carbons (Fsp3) is 0.150. The molecule has 3 rings (SSSR count). The second-order valence-electron chi connectivity index (χ2n) is 5.83. The predicted octanol–water partition coefficient (Wildman–Crippen LogP) is 4.04. The monoisotopic (exact) mass is 406 g/mol. The van der Waals surface area contributed by atoms with E-state index in [9.17, 15) is 18.0 Å². The molecule has 2 N–H and O–H groups in total. The van der Waals surface area contributed by atoms with Crippen molar-refractivity contribution < 1.29 is 32.7 Å². The van der Waals surface area contributed by atoms with Gasteiger partial charge in [0, 0.05) is 16.6 Å². The second kappa shape index (κ2) is 9.65. The van der Waals surface area contributed by atoms with Gasteiger partial charge in [0.15, 0.2) is 0 Å². The maximum absolute atomic E-state index is 11.9. The molecule has 9 heteroatoms. The molecule has 0 spiro atoms. The number of benzene rings is 2. The minimum absolute atomic E-state index is 0.254. The van der Waals surface area contributed by atoms with E-state index < -0.39 is 12.1 Å². The van der Waals surface area contributed by atoms with Crippen LogP contribution in [-0.4, -0.2) is 28.1 Å². The molecule has 0 aliphatic heterocycles. The number of nitrogens with zero attached hydrogens (tertiary/aromatic N) is 1. The van der Waals surface area contributed by atoms with Crippen LogP contribution in [0.4, 0.5) is 13.2 Å². The van der Waals surface area contributed by atoms with Crippen LogP contribution in [0.25, 0.3) is 10.9 Å². The van der Waals surface area contributed by atoms with Crippen LogP contribution < -0.4 is 5.48 Å². The first-order valence-electron chi connectivity index (χ1n) is 8.31. The van der Waals surface area contributed by atoms with Gasteiger partial charge in [-0.15, -0.1) is 0 Å². The summed E-state index contributed by atoms with van der Waals surface area (Å²) in [4.78, 5) is 30.7. The molecule has 0 saturated heterocycles. The molecule has 0 aliphatic rings. The summed E-state index contributed by atoms with van der Waals surface area (Å²) in [6.45, 7) is 2.24. The number of aliphatic carboxylic acids is 1. The zero-order valence-corrected chi connectivity index (χ0v) is 15.2. The number of hydrogen-bond acceptors (Lipinski definition) is 4. The van der Waals surface area contributed by atoms with Crippen molar-refractivity contribution in [3.05, 3.63) is 77.5 Å². The molecule has 6 nitrogen and oxygen atoms in total. The summed E-state index contributed by atoms with van der Waals surface area (Å²) in [5.41, 5.74) is 5.89. The van der Waals surface area contributed by atoms with Crippen LogP contribution in [0.1, 0.15) is 21.6 Å². The number of alkyl halides is 3. The van der Waals surface area contributed by atoms with Gasteiger partial charge in [-0.3, -0.25) is 14.6 Å². The Labute approximate surface area is 163 Å². The molecule has 0 bridgehead atoms. The van der Waals surface area contributed by atoms with Crippen molar-refractivity contribution in [2.45, 2.75) is 19.7 Å². The van der Waals surface area contributed by atoms with Crippen molar-refractivity contribution in [1.29, 1.82) is 0 Å². The number of carbonyl (C=O) groups is 2. The molecule has 0 radical (unpaired) electrons. The zero-order chi connectivity index (χ0) is 21.4. The number of pyridine rings is 1.